The molecule has 6 nitrogen and oxygen atoms in total. The second-order valence-electron chi connectivity index (χ2n) is 5.58. The maximum atomic E-state index is 13.2. The van der Waals surface area contributed by atoms with E-state index in [0.29, 0.717) is 0 Å². The topological polar surface area (TPSA) is 87.8 Å². The molecule has 3 aromatic rings. The molecule has 0 aliphatic heterocycles. The number of halogens is 1. The Labute approximate surface area is 148 Å². The summed E-state index contributed by atoms with van der Waals surface area (Å²) in [7, 11) is 0. The summed E-state index contributed by atoms with van der Waals surface area (Å²) in [5.74, 6) is -1.27. The molecule has 3 rings (SSSR count). The number of hydrogen-bond acceptors (Lipinski definition) is 4. The number of amides is 1. The van der Waals surface area contributed by atoms with Crippen LogP contribution in [0.25, 0.3) is 0 Å². The van der Waals surface area contributed by atoms with Crippen molar-refractivity contribution in [3.8, 4) is 0 Å². The van der Waals surface area contributed by atoms with E-state index in [1.807, 2.05) is 6.07 Å². The number of benzene rings is 1. The molecule has 0 spiro atoms. The minimum Gasteiger partial charge on any atom is -0.310 e. The third-order valence-corrected chi connectivity index (χ3v) is 3.67. The molecule has 1 aromatic carbocycles. The van der Waals surface area contributed by atoms with Crippen LogP contribution in [0.15, 0.2) is 71.9 Å². The minimum absolute atomic E-state index is 0.217. The zero-order valence-corrected chi connectivity index (χ0v) is 13.6. The van der Waals surface area contributed by atoms with E-state index >= 15 is 0 Å². The third-order valence-electron chi connectivity index (χ3n) is 3.67. The zero-order valence-electron chi connectivity index (χ0n) is 13.6. The second kappa shape index (κ2) is 7.52. The number of amidine groups is 1. The summed E-state index contributed by atoms with van der Waals surface area (Å²) in [6.45, 7) is 0.273. The first-order valence-electron chi connectivity index (χ1n) is 7.78. The smallest absolute Gasteiger partial charge is 0.258 e. The van der Waals surface area contributed by atoms with Crippen LogP contribution in [-0.4, -0.2) is 21.3 Å². The number of carbonyl (C=O) groups is 1. The molecule has 7 heteroatoms. The van der Waals surface area contributed by atoms with Crippen LogP contribution >= 0.6 is 0 Å². The Balaban J connectivity index is 1.78. The molecular weight excluding hydrogens is 335 g/mol. The van der Waals surface area contributed by atoms with Gasteiger partial charge in [0.05, 0.1) is 12.1 Å². The standard InChI is InChI=1S/C19H15FN4O2/c20-16-5-1-4-14(9-16)18(21)23-19(26)15-6-7-17(25)24(12-15)11-13-3-2-8-22-10-13/h1-10,12H,11H2,(H2,21,23,26). The first-order valence-corrected chi connectivity index (χ1v) is 7.78. The van der Waals surface area contributed by atoms with E-state index in [2.05, 4.69) is 10.3 Å². The molecule has 2 aromatic heterocycles. The highest BCUT2D eigenvalue weighted by Gasteiger charge is 2.11. The molecule has 26 heavy (non-hydrogen) atoms. The van der Waals surface area contributed by atoms with Gasteiger partial charge >= 0.3 is 0 Å². The molecule has 0 fully saturated rings. The molecule has 130 valence electrons. The van der Waals surface area contributed by atoms with Gasteiger partial charge in [-0.05, 0) is 29.8 Å². The fourth-order valence-electron chi connectivity index (χ4n) is 2.38. The molecule has 0 aliphatic carbocycles. The maximum absolute atomic E-state index is 13.2. The van der Waals surface area contributed by atoms with E-state index in [0.717, 1.165) is 11.6 Å². The van der Waals surface area contributed by atoms with Crippen molar-refractivity contribution in [3.63, 3.8) is 0 Å². The Bertz CT molecular complexity index is 1020. The molecule has 0 aliphatic rings. The Morgan fingerprint density at radius 2 is 2.00 bits per heavy atom. The van der Waals surface area contributed by atoms with Gasteiger partial charge in [-0.1, -0.05) is 18.2 Å². The first kappa shape index (κ1) is 17.2. The SMILES string of the molecule is N=C(NC(=O)c1ccc(=O)n(Cc2cccnc2)c1)c1cccc(F)c1. The summed E-state index contributed by atoms with van der Waals surface area (Å²) in [5.41, 5.74) is 1.03. The van der Waals surface area contributed by atoms with Gasteiger partial charge in [0.1, 0.15) is 11.7 Å². The quantitative estimate of drug-likeness (QED) is 0.558. The number of nitrogens with one attached hydrogen (secondary N) is 2. The van der Waals surface area contributed by atoms with Crippen LogP contribution in [0, 0.1) is 11.2 Å². The Morgan fingerprint density at radius 3 is 2.73 bits per heavy atom. The predicted octanol–water partition coefficient (Wildman–Crippen LogP) is 2.19. The Morgan fingerprint density at radius 1 is 1.15 bits per heavy atom. The third kappa shape index (κ3) is 4.07. The molecule has 0 saturated heterocycles. The molecular formula is C19H15FN4O2. The molecule has 0 bridgehead atoms. The van der Waals surface area contributed by atoms with E-state index in [9.17, 15) is 14.0 Å². The van der Waals surface area contributed by atoms with E-state index < -0.39 is 11.7 Å². The summed E-state index contributed by atoms with van der Waals surface area (Å²) in [6.07, 6.45) is 4.69. The highest BCUT2D eigenvalue weighted by molar-refractivity contribution is 6.11. The van der Waals surface area contributed by atoms with Gasteiger partial charge in [0.25, 0.3) is 11.5 Å². The zero-order chi connectivity index (χ0) is 18.5. The van der Waals surface area contributed by atoms with Gasteiger partial charge in [-0.15, -0.1) is 0 Å². The molecule has 0 saturated carbocycles. The minimum atomic E-state index is -0.556. The van der Waals surface area contributed by atoms with Crippen molar-refractivity contribution >= 4 is 11.7 Å². The summed E-state index contributed by atoms with van der Waals surface area (Å²) in [5, 5.41) is 10.3. The van der Waals surface area contributed by atoms with Gasteiger partial charge in [-0.3, -0.25) is 20.0 Å². The van der Waals surface area contributed by atoms with Gasteiger partial charge in [0, 0.05) is 30.2 Å². The van der Waals surface area contributed by atoms with E-state index in [4.69, 9.17) is 5.41 Å². The molecule has 1 amide bonds. The van der Waals surface area contributed by atoms with Crippen LogP contribution in [0.3, 0.4) is 0 Å². The van der Waals surface area contributed by atoms with E-state index in [1.54, 1.807) is 18.5 Å². The highest BCUT2D eigenvalue weighted by Crippen LogP contribution is 2.05. The van der Waals surface area contributed by atoms with Crippen LogP contribution < -0.4 is 10.9 Å². The number of nitrogens with zero attached hydrogens (tertiary/aromatic N) is 2. The molecule has 2 heterocycles. The van der Waals surface area contributed by atoms with Crippen molar-refractivity contribution < 1.29 is 9.18 Å². The molecule has 0 atom stereocenters. The lowest BCUT2D eigenvalue weighted by Crippen LogP contribution is -2.32. The number of rotatable bonds is 4. The van der Waals surface area contributed by atoms with Gasteiger partial charge in [0.2, 0.25) is 0 Å². The summed E-state index contributed by atoms with van der Waals surface area (Å²) in [4.78, 5) is 28.4. The average molecular weight is 350 g/mol. The number of hydrogen-bond donors (Lipinski definition) is 2. The van der Waals surface area contributed by atoms with Crippen molar-refractivity contribution in [2.45, 2.75) is 6.54 Å². The fourth-order valence-corrected chi connectivity index (χ4v) is 2.38. The Hall–Kier alpha value is -3.61. The fraction of sp³-hybridized carbons (Fsp3) is 0.0526. The van der Waals surface area contributed by atoms with Gasteiger partial charge < -0.3 is 9.88 Å². The number of aromatic nitrogens is 2. The lowest BCUT2D eigenvalue weighted by atomic mass is 10.2. The van der Waals surface area contributed by atoms with Crippen LogP contribution in [0.5, 0.6) is 0 Å². The Kier molecular flexibility index (Phi) is 4.98. The van der Waals surface area contributed by atoms with Gasteiger partial charge in [0.15, 0.2) is 0 Å². The van der Waals surface area contributed by atoms with Crippen molar-refractivity contribution in [1.82, 2.24) is 14.9 Å². The highest BCUT2D eigenvalue weighted by atomic mass is 19.1. The molecule has 0 radical (unpaired) electrons. The summed E-state index contributed by atoms with van der Waals surface area (Å²) >= 11 is 0. The van der Waals surface area contributed by atoms with Crippen LogP contribution in [0.4, 0.5) is 4.39 Å². The summed E-state index contributed by atoms with van der Waals surface area (Å²) in [6, 6.07) is 11.7. The lowest BCUT2D eigenvalue weighted by molar-refractivity contribution is 0.0976. The molecule has 0 unspecified atom stereocenters. The van der Waals surface area contributed by atoms with E-state index in [-0.39, 0.29) is 29.1 Å². The number of carbonyl (C=O) groups excluding carboxylic acids is 1. The van der Waals surface area contributed by atoms with Gasteiger partial charge in [-0.2, -0.15) is 0 Å². The van der Waals surface area contributed by atoms with Crippen LogP contribution in [0.1, 0.15) is 21.5 Å². The van der Waals surface area contributed by atoms with Crippen molar-refractivity contribution in [3.05, 3.63) is 100.0 Å². The van der Waals surface area contributed by atoms with Gasteiger partial charge in [-0.25, -0.2) is 4.39 Å². The van der Waals surface area contributed by atoms with Crippen LogP contribution in [0.2, 0.25) is 0 Å². The summed E-state index contributed by atoms with van der Waals surface area (Å²) < 4.78 is 14.6. The largest absolute Gasteiger partial charge is 0.310 e. The lowest BCUT2D eigenvalue weighted by Gasteiger charge is -2.10. The molecule has 2 N–H and O–H groups in total. The first-order chi connectivity index (χ1) is 12.5. The van der Waals surface area contributed by atoms with Crippen LogP contribution in [-0.2, 0) is 6.54 Å². The normalized spacial score (nSPS) is 10.3. The monoisotopic (exact) mass is 350 g/mol. The number of pyridine rings is 2. The van der Waals surface area contributed by atoms with Crippen molar-refractivity contribution in [2.75, 3.05) is 0 Å². The van der Waals surface area contributed by atoms with E-state index in [1.165, 1.54) is 41.1 Å². The second-order valence-corrected chi connectivity index (χ2v) is 5.58. The maximum Gasteiger partial charge on any atom is 0.258 e. The predicted molar refractivity (Wildman–Crippen MR) is 94.7 cm³/mol. The van der Waals surface area contributed by atoms with Crippen molar-refractivity contribution in [2.24, 2.45) is 0 Å². The average Bonchev–Trinajstić information content (AvgIpc) is 2.64. The van der Waals surface area contributed by atoms with Crippen molar-refractivity contribution in [1.29, 1.82) is 5.41 Å².